The average molecular weight is 732 g/mol. The van der Waals surface area contributed by atoms with E-state index in [0.717, 1.165) is 22.3 Å². The standard InChI is InChI=1S/C52H33N3S/c1-4-16-34(17-5-1)49-53-50(36-19-14-18-35(32-36)40-26-15-27-44-43-25-11-13-29-47(43)56-48(40)44)55-51(54-49)37-30-31-42-41-24-10-12-28-45(41)52(46(42)33-37,38-20-6-2-7-21-38)39-22-8-3-9-23-39/h1-33H. The molecule has 262 valence electrons. The second-order valence-electron chi connectivity index (χ2n) is 14.3. The number of rotatable bonds is 6. The fraction of sp³-hybridized carbons (Fsp3) is 0.0192. The van der Waals surface area contributed by atoms with E-state index in [4.69, 9.17) is 15.0 Å². The molecule has 0 fully saturated rings. The lowest BCUT2D eigenvalue weighted by Gasteiger charge is -2.34. The van der Waals surface area contributed by atoms with E-state index >= 15 is 0 Å². The maximum atomic E-state index is 5.28. The van der Waals surface area contributed by atoms with E-state index in [1.165, 1.54) is 59.1 Å². The molecule has 0 radical (unpaired) electrons. The number of thiophene rings is 1. The molecular weight excluding hydrogens is 699 g/mol. The SMILES string of the molecule is c1ccc(-c2nc(-c3cccc(-c4cccc5c4sc4ccccc45)c3)nc(-c3ccc4c(c3)C(c3ccccc3)(c3ccccc3)c3ccccc3-4)n2)cc1. The predicted molar refractivity (Wildman–Crippen MR) is 232 cm³/mol. The smallest absolute Gasteiger partial charge is 0.164 e. The molecule has 1 aliphatic carbocycles. The molecule has 1 aliphatic rings. The van der Waals surface area contributed by atoms with E-state index in [1.807, 2.05) is 29.5 Å². The highest BCUT2D eigenvalue weighted by molar-refractivity contribution is 7.26. The molecule has 0 bridgehead atoms. The summed E-state index contributed by atoms with van der Waals surface area (Å²) < 4.78 is 2.58. The third-order valence-electron chi connectivity index (χ3n) is 11.2. The molecule has 2 aromatic heterocycles. The molecule has 56 heavy (non-hydrogen) atoms. The highest BCUT2D eigenvalue weighted by Gasteiger charge is 2.46. The van der Waals surface area contributed by atoms with Gasteiger partial charge < -0.3 is 0 Å². The van der Waals surface area contributed by atoms with Crippen LogP contribution in [-0.2, 0) is 5.41 Å². The predicted octanol–water partition coefficient (Wildman–Crippen LogP) is 13.3. The topological polar surface area (TPSA) is 38.7 Å². The quantitative estimate of drug-likeness (QED) is 0.171. The number of benzene rings is 8. The zero-order valence-corrected chi connectivity index (χ0v) is 31.1. The Bertz CT molecular complexity index is 3040. The molecule has 4 heteroatoms. The number of hydrogen-bond donors (Lipinski definition) is 0. The van der Waals surface area contributed by atoms with Crippen LogP contribution >= 0.6 is 11.3 Å². The summed E-state index contributed by atoms with van der Waals surface area (Å²) >= 11 is 1.84. The van der Waals surface area contributed by atoms with Crippen molar-refractivity contribution in [1.29, 1.82) is 0 Å². The van der Waals surface area contributed by atoms with Crippen LogP contribution in [0.5, 0.6) is 0 Å². The Labute approximate surface area is 329 Å². The van der Waals surface area contributed by atoms with Crippen molar-refractivity contribution in [3.63, 3.8) is 0 Å². The van der Waals surface area contributed by atoms with Gasteiger partial charge in [-0.2, -0.15) is 0 Å². The highest BCUT2D eigenvalue weighted by Crippen LogP contribution is 2.56. The van der Waals surface area contributed by atoms with E-state index in [0.29, 0.717) is 17.5 Å². The first-order valence-electron chi connectivity index (χ1n) is 18.9. The summed E-state index contributed by atoms with van der Waals surface area (Å²) in [5.74, 6) is 1.92. The lowest BCUT2D eigenvalue weighted by Crippen LogP contribution is -2.28. The monoisotopic (exact) mass is 731 g/mol. The maximum absolute atomic E-state index is 5.28. The molecule has 0 N–H and O–H groups in total. The van der Waals surface area contributed by atoms with Crippen molar-refractivity contribution in [2.24, 2.45) is 0 Å². The third kappa shape index (κ3) is 5.07. The Balaban J connectivity index is 1.11. The molecule has 8 aromatic carbocycles. The largest absolute Gasteiger partial charge is 0.208 e. The van der Waals surface area contributed by atoms with Crippen LogP contribution in [0.3, 0.4) is 0 Å². The first-order chi connectivity index (χ1) is 27.8. The highest BCUT2D eigenvalue weighted by atomic mass is 32.1. The van der Waals surface area contributed by atoms with Crippen molar-refractivity contribution in [2.75, 3.05) is 0 Å². The van der Waals surface area contributed by atoms with Gasteiger partial charge in [-0.3, -0.25) is 0 Å². The van der Waals surface area contributed by atoms with Crippen molar-refractivity contribution < 1.29 is 0 Å². The lowest BCUT2D eigenvalue weighted by atomic mass is 9.67. The molecule has 0 aliphatic heterocycles. The van der Waals surface area contributed by atoms with Crippen molar-refractivity contribution in [2.45, 2.75) is 5.41 Å². The van der Waals surface area contributed by atoms with Crippen molar-refractivity contribution in [3.8, 4) is 56.4 Å². The van der Waals surface area contributed by atoms with Gasteiger partial charge in [0.1, 0.15) is 0 Å². The Kier molecular flexibility index (Phi) is 7.58. The van der Waals surface area contributed by atoms with E-state index in [9.17, 15) is 0 Å². The first kappa shape index (κ1) is 32.4. The molecule has 0 spiro atoms. The summed E-state index contributed by atoms with van der Waals surface area (Å²) in [5.41, 5.74) is 12.1. The number of aromatic nitrogens is 3. The van der Waals surface area contributed by atoms with Gasteiger partial charge in [-0.1, -0.05) is 182 Å². The van der Waals surface area contributed by atoms with Crippen LogP contribution in [0.2, 0.25) is 0 Å². The number of nitrogens with zero attached hydrogens (tertiary/aromatic N) is 3. The third-order valence-corrected chi connectivity index (χ3v) is 12.4. The number of fused-ring (bicyclic) bond motifs is 6. The summed E-state index contributed by atoms with van der Waals surface area (Å²) in [6.07, 6.45) is 0. The van der Waals surface area contributed by atoms with Gasteiger partial charge in [0, 0.05) is 36.9 Å². The van der Waals surface area contributed by atoms with E-state index in [1.54, 1.807) is 0 Å². The normalized spacial score (nSPS) is 12.8. The van der Waals surface area contributed by atoms with Crippen LogP contribution in [0.1, 0.15) is 22.3 Å². The van der Waals surface area contributed by atoms with Gasteiger partial charge in [-0.15, -0.1) is 11.3 Å². The van der Waals surface area contributed by atoms with E-state index < -0.39 is 5.41 Å². The molecule has 11 rings (SSSR count). The Morgan fingerprint density at radius 1 is 0.339 bits per heavy atom. The van der Waals surface area contributed by atoms with Gasteiger partial charge in [0.25, 0.3) is 0 Å². The summed E-state index contributed by atoms with van der Waals surface area (Å²) in [6.45, 7) is 0. The minimum atomic E-state index is -0.523. The first-order valence-corrected chi connectivity index (χ1v) is 19.8. The van der Waals surface area contributed by atoms with Crippen molar-refractivity contribution in [3.05, 3.63) is 222 Å². The average Bonchev–Trinajstić information content (AvgIpc) is 3.81. The van der Waals surface area contributed by atoms with Crippen LogP contribution in [0.4, 0.5) is 0 Å². The Morgan fingerprint density at radius 3 is 1.61 bits per heavy atom. The zero-order chi connectivity index (χ0) is 37.1. The molecule has 3 nitrogen and oxygen atoms in total. The fourth-order valence-electron chi connectivity index (χ4n) is 8.73. The van der Waals surface area contributed by atoms with Crippen LogP contribution in [0, 0.1) is 0 Å². The molecule has 0 amide bonds. The molecule has 0 saturated heterocycles. The van der Waals surface area contributed by atoms with Gasteiger partial charge in [0.2, 0.25) is 0 Å². The van der Waals surface area contributed by atoms with Gasteiger partial charge in [0.05, 0.1) is 5.41 Å². The van der Waals surface area contributed by atoms with Crippen molar-refractivity contribution in [1.82, 2.24) is 15.0 Å². The second-order valence-corrected chi connectivity index (χ2v) is 15.4. The molecule has 10 aromatic rings. The summed E-state index contributed by atoms with van der Waals surface area (Å²) in [4.78, 5) is 15.6. The van der Waals surface area contributed by atoms with Crippen LogP contribution in [-0.4, -0.2) is 15.0 Å². The maximum Gasteiger partial charge on any atom is 0.164 e. The molecule has 0 atom stereocenters. The van der Waals surface area contributed by atoms with Crippen LogP contribution in [0.25, 0.3) is 76.6 Å². The van der Waals surface area contributed by atoms with E-state index in [2.05, 4.69) is 182 Å². The second kappa shape index (κ2) is 13.1. The Hall–Kier alpha value is -7.01. The molecule has 0 unspecified atom stereocenters. The van der Waals surface area contributed by atoms with Gasteiger partial charge in [-0.05, 0) is 62.7 Å². The molecule has 2 heterocycles. The summed E-state index contributed by atoms with van der Waals surface area (Å²) in [7, 11) is 0. The number of hydrogen-bond acceptors (Lipinski definition) is 4. The molecular formula is C52H33N3S. The van der Waals surface area contributed by atoms with Crippen molar-refractivity contribution >= 4 is 31.5 Å². The lowest BCUT2D eigenvalue weighted by molar-refractivity contribution is 0.768. The zero-order valence-electron chi connectivity index (χ0n) is 30.3. The van der Waals surface area contributed by atoms with Gasteiger partial charge in [-0.25, -0.2) is 15.0 Å². The fourth-order valence-corrected chi connectivity index (χ4v) is 9.97. The minimum Gasteiger partial charge on any atom is -0.208 e. The van der Waals surface area contributed by atoms with Gasteiger partial charge >= 0.3 is 0 Å². The van der Waals surface area contributed by atoms with E-state index in [-0.39, 0.29) is 0 Å². The Morgan fingerprint density at radius 2 is 0.857 bits per heavy atom. The van der Waals surface area contributed by atoms with Crippen LogP contribution < -0.4 is 0 Å². The molecule has 0 saturated carbocycles. The summed E-state index contributed by atoms with van der Waals surface area (Å²) in [5, 5.41) is 2.57. The minimum absolute atomic E-state index is 0.523. The van der Waals surface area contributed by atoms with Crippen LogP contribution in [0.15, 0.2) is 200 Å². The van der Waals surface area contributed by atoms with Gasteiger partial charge in [0.15, 0.2) is 17.5 Å². The summed E-state index contributed by atoms with van der Waals surface area (Å²) in [6, 6.07) is 71.5.